The number of rotatable bonds is 5. The zero-order chi connectivity index (χ0) is 33.0. The van der Waals surface area contributed by atoms with Crippen molar-refractivity contribution in [3.63, 3.8) is 0 Å². The lowest BCUT2D eigenvalue weighted by Crippen LogP contribution is -1.94. The van der Waals surface area contributed by atoms with Gasteiger partial charge < -0.3 is 4.57 Å². The molecule has 0 radical (unpaired) electrons. The lowest BCUT2D eigenvalue weighted by molar-refractivity contribution is 1.18. The first-order valence-corrected chi connectivity index (χ1v) is 17.6. The molecular formula is C46H29N3S. The van der Waals surface area contributed by atoms with Gasteiger partial charge in [0.15, 0.2) is 5.82 Å². The smallest absolute Gasteiger partial charge is 0.173 e. The molecule has 8 aromatic carbocycles. The van der Waals surface area contributed by atoms with Crippen molar-refractivity contribution in [2.75, 3.05) is 0 Å². The maximum atomic E-state index is 5.02. The molecule has 0 saturated carbocycles. The highest BCUT2D eigenvalue weighted by atomic mass is 32.1. The molecule has 2 heterocycles. The number of hydrogen-bond donors (Lipinski definition) is 0. The fourth-order valence-electron chi connectivity index (χ4n) is 7.31. The highest BCUT2D eigenvalue weighted by Gasteiger charge is 2.16. The molecule has 0 aliphatic carbocycles. The topological polar surface area (TPSA) is 30.7 Å². The van der Waals surface area contributed by atoms with E-state index < -0.39 is 0 Å². The van der Waals surface area contributed by atoms with Crippen molar-refractivity contribution in [3.05, 3.63) is 176 Å². The minimum absolute atomic E-state index is 0.753. The van der Waals surface area contributed by atoms with Crippen LogP contribution in [0.1, 0.15) is 0 Å². The number of fused-ring (bicyclic) bond motifs is 5. The van der Waals surface area contributed by atoms with Crippen molar-refractivity contribution < 1.29 is 0 Å². The van der Waals surface area contributed by atoms with Crippen LogP contribution in [0.5, 0.6) is 0 Å². The van der Waals surface area contributed by atoms with Crippen LogP contribution in [0.25, 0.3) is 93.3 Å². The van der Waals surface area contributed by atoms with Crippen LogP contribution in [0.2, 0.25) is 0 Å². The Morgan fingerprint density at radius 3 is 1.98 bits per heavy atom. The first-order chi connectivity index (χ1) is 24.8. The van der Waals surface area contributed by atoms with Crippen LogP contribution in [-0.2, 0) is 0 Å². The standard InChI is InChI=1S/C46H29N3S/c1-2-11-34-27-35(24-21-30(34)9-1)31-19-22-33(23-20-31)45-47-46(50-48-45)37-25-26-44-42(29-37)41-16-5-6-18-43(41)49(44)38-14-7-13-36(28-38)40-17-8-12-32-10-3-4-15-39(32)40/h1-29H. The van der Waals surface area contributed by atoms with Crippen LogP contribution >= 0.6 is 11.5 Å². The Balaban J connectivity index is 1.01. The molecule has 0 aliphatic rings. The van der Waals surface area contributed by atoms with Gasteiger partial charge in [0.25, 0.3) is 0 Å². The Morgan fingerprint density at radius 1 is 0.400 bits per heavy atom. The van der Waals surface area contributed by atoms with Crippen molar-refractivity contribution in [3.8, 4) is 49.9 Å². The molecule has 0 amide bonds. The molecule has 0 atom stereocenters. The Bertz CT molecular complexity index is 2870. The van der Waals surface area contributed by atoms with Gasteiger partial charge in [0.05, 0.1) is 11.0 Å². The summed E-state index contributed by atoms with van der Waals surface area (Å²) in [4.78, 5) is 5.02. The third kappa shape index (κ3) is 4.80. The lowest BCUT2D eigenvalue weighted by atomic mass is 9.98. The molecule has 10 aromatic rings. The lowest BCUT2D eigenvalue weighted by Gasteiger charge is -2.12. The third-order valence-corrected chi connectivity index (χ3v) is 10.5. The minimum atomic E-state index is 0.753. The Labute approximate surface area is 293 Å². The van der Waals surface area contributed by atoms with Gasteiger partial charge in [-0.1, -0.05) is 133 Å². The van der Waals surface area contributed by atoms with Crippen LogP contribution in [0.4, 0.5) is 0 Å². The van der Waals surface area contributed by atoms with Gasteiger partial charge in [-0.25, -0.2) is 4.98 Å². The summed E-state index contributed by atoms with van der Waals surface area (Å²) in [6, 6.07) is 63.1. The zero-order valence-corrected chi connectivity index (χ0v) is 27.8. The van der Waals surface area contributed by atoms with Gasteiger partial charge in [-0.2, -0.15) is 4.37 Å². The van der Waals surface area contributed by atoms with E-state index in [2.05, 4.69) is 180 Å². The van der Waals surface area contributed by atoms with E-state index in [1.165, 1.54) is 77.1 Å². The normalized spacial score (nSPS) is 11.6. The number of aromatic nitrogens is 3. The molecule has 0 fully saturated rings. The third-order valence-electron chi connectivity index (χ3n) is 9.78. The highest BCUT2D eigenvalue weighted by Crippen LogP contribution is 2.38. The van der Waals surface area contributed by atoms with Crippen LogP contribution < -0.4 is 0 Å². The van der Waals surface area contributed by atoms with E-state index >= 15 is 0 Å². The van der Waals surface area contributed by atoms with Crippen molar-refractivity contribution in [1.29, 1.82) is 0 Å². The molecule has 3 nitrogen and oxygen atoms in total. The summed E-state index contributed by atoms with van der Waals surface area (Å²) in [5.41, 5.74) is 10.4. The van der Waals surface area contributed by atoms with Crippen molar-refractivity contribution in [2.24, 2.45) is 0 Å². The van der Waals surface area contributed by atoms with Crippen molar-refractivity contribution >= 4 is 54.9 Å². The molecular weight excluding hydrogens is 627 g/mol. The molecule has 234 valence electrons. The van der Waals surface area contributed by atoms with E-state index in [1.54, 1.807) is 0 Å². The fourth-order valence-corrected chi connectivity index (χ4v) is 7.99. The second-order valence-corrected chi connectivity index (χ2v) is 13.5. The first kappa shape index (κ1) is 28.6. The predicted molar refractivity (Wildman–Crippen MR) is 211 cm³/mol. The summed E-state index contributed by atoms with van der Waals surface area (Å²) < 4.78 is 7.17. The molecule has 0 spiro atoms. The average Bonchev–Trinajstić information content (AvgIpc) is 3.81. The molecule has 4 heteroatoms. The van der Waals surface area contributed by atoms with E-state index in [0.717, 1.165) is 27.6 Å². The largest absolute Gasteiger partial charge is 0.309 e. The Morgan fingerprint density at radius 2 is 1.08 bits per heavy atom. The molecule has 0 unspecified atom stereocenters. The molecule has 50 heavy (non-hydrogen) atoms. The maximum Gasteiger partial charge on any atom is 0.173 e. The van der Waals surface area contributed by atoms with E-state index in [1.807, 2.05) is 0 Å². The monoisotopic (exact) mass is 655 g/mol. The summed E-state index contributed by atoms with van der Waals surface area (Å²) in [6.07, 6.45) is 0. The highest BCUT2D eigenvalue weighted by molar-refractivity contribution is 7.09. The second-order valence-electron chi connectivity index (χ2n) is 12.7. The van der Waals surface area contributed by atoms with E-state index in [0.29, 0.717) is 0 Å². The summed E-state index contributed by atoms with van der Waals surface area (Å²) in [5, 5.41) is 8.33. The minimum Gasteiger partial charge on any atom is -0.309 e. The van der Waals surface area contributed by atoms with Crippen molar-refractivity contribution in [1.82, 2.24) is 13.9 Å². The summed E-state index contributed by atoms with van der Waals surface area (Å²) in [6.45, 7) is 0. The molecule has 0 saturated heterocycles. The SMILES string of the molecule is c1cc(-c2cccc3ccccc23)cc(-n2c3ccccc3c3cc(-c4nc(-c5ccc(-c6ccc7ccccc7c6)cc5)ns4)ccc32)c1. The molecule has 0 aliphatic heterocycles. The summed E-state index contributed by atoms with van der Waals surface area (Å²) >= 11 is 1.45. The first-order valence-electron chi connectivity index (χ1n) is 16.8. The predicted octanol–water partition coefficient (Wildman–Crippen LogP) is 12.6. The molecule has 0 bridgehead atoms. The fraction of sp³-hybridized carbons (Fsp3) is 0. The quantitative estimate of drug-likeness (QED) is 0.185. The number of para-hydroxylation sites is 1. The van der Waals surface area contributed by atoms with Gasteiger partial charge in [-0.3, -0.25) is 0 Å². The van der Waals surface area contributed by atoms with Crippen LogP contribution in [-0.4, -0.2) is 13.9 Å². The number of hydrogen-bond acceptors (Lipinski definition) is 3. The van der Waals surface area contributed by atoms with Gasteiger partial charge in [-0.05, 0) is 97.8 Å². The van der Waals surface area contributed by atoms with E-state index in [4.69, 9.17) is 9.36 Å². The van der Waals surface area contributed by atoms with Gasteiger partial charge in [-0.15, -0.1) is 0 Å². The molecule has 2 aromatic heterocycles. The van der Waals surface area contributed by atoms with Crippen LogP contribution in [0, 0.1) is 0 Å². The van der Waals surface area contributed by atoms with E-state index in [9.17, 15) is 0 Å². The summed E-state index contributed by atoms with van der Waals surface area (Å²) in [5.74, 6) is 0.753. The maximum absolute atomic E-state index is 5.02. The molecule has 0 N–H and O–H groups in total. The van der Waals surface area contributed by atoms with Gasteiger partial charge in [0, 0.05) is 27.6 Å². The van der Waals surface area contributed by atoms with Gasteiger partial charge in [0.2, 0.25) is 0 Å². The number of benzene rings is 8. The number of nitrogens with zero attached hydrogens (tertiary/aromatic N) is 3. The van der Waals surface area contributed by atoms with Crippen LogP contribution in [0.15, 0.2) is 176 Å². The van der Waals surface area contributed by atoms with E-state index in [-0.39, 0.29) is 0 Å². The van der Waals surface area contributed by atoms with Crippen molar-refractivity contribution in [2.45, 2.75) is 0 Å². The molecule has 10 rings (SSSR count). The zero-order valence-electron chi connectivity index (χ0n) is 27.0. The Kier molecular flexibility index (Phi) is 6.68. The van der Waals surface area contributed by atoms with Crippen LogP contribution in [0.3, 0.4) is 0 Å². The average molecular weight is 656 g/mol. The van der Waals surface area contributed by atoms with Gasteiger partial charge >= 0.3 is 0 Å². The second kappa shape index (κ2) is 11.7. The van der Waals surface area contributed by atoms with Gasteiger partial charge in [0.1, 0.15) is 5.01 Å². The Hall–Kier alpha value is -6.36. The summed E-state index contributed by atoms with van der Waals surface area (Å²) in [7, 11) is 0.